The summed E-state index contributed by atoms with van der Waals surface area (Å²) in [5.74, 6) is -1.41. The number of likely N-dealkylation sites (N-methyl/N-ethyl adjacent to an activating group) is 1. The van der Waals surface area contributed by atoms with Crippen molar-refractivity contribution in [2.75, 3.05) is 72.5 Å². The second kappa shape index (κ2) is 14.8. The minimum Gasteiger partial charge on any atom is -0.481 e. The molecule has 1 unspecified atom stereocenters. The highest BCUT2D eigenvalue weighted by molar-refractivity contribution is 5.81. The fourth-order valence-corrected chi connectivity index (χ4v) is 4.15. The maximum atomic E-state index is 12.3. The molecule has 2 aliphatic heterocycles. The number of hydrogen-bond acceptors (Lipinski definition) is 7. The zero-order valence-corrected chi connectivity index (χ0v) is 19.8. The third kappa shape index (κ3) is 11.4. The molecule has 0 radical (unpaired) electrons. The third-order valence-electron chi connectivity index (χ3n) is 6.15. The molecule has 2 fully saturated rings. The van der Waals surface area contributed by atoms with Gasteiger partial charge in [-0.2, -0.15) is 0 Å². The summed E-state index contributed by atoms with van der Waals surface area (Å²) in [7, 11) is 2.15. The molecule has 4 N–H and O–H groups in total. The van der Waals surface area contributed by atoms with Gasteiger partial charge in [0.1, 0.15) is 0 Å². The molecule has 0 aromatic rings. The molecule has 0 aliphatic carbocycles. The number of piperazine rings is 1. The Morgan fingerprint density at radius 3 is 2.06 bits per heavy atom. The van der Waals surface area contributed by atoms with Crippen LogP contribution in [0, 0.1) is 0 Å². The lowest BCUT2D eigenvalue weighted by molar-refractivity contribution is -0.137. The summed E-state index contributed by atoms with van der Waals surface area (Å²) in [6.45, 7) is 7.42. The molecule has 0 aromatic carbocycles. The molecule has 1 atom stereocenters. The Morgan fingerprint density at radius 1 is 0.818 bits per heavy atom. The van der Waals surface area contributed by atoms with Crippen LogP contribution in [0.4, 0.5) is 0 Å². The number of carbonyl (C=O) groups is 4. The minimum absolute atomic E-state index is 0.0113. The number of likely N-dealkylation sites (tertiary alicyclic amines) is 1. The Hall–Kier alpha value is -2.24. The number of hydrogen-bond donors (Lipinski definition) is 4. The van der Waals surface area contributed by atoms with E-state index >= 15 is 0 Å². The Kier molecular flexibility index (Phi) is 12.1. The highest BCUT2D eigenvalue weighted by atomic mass is 16.5. The molecule has 11 nitrogen and oxygen atoms in total. The van der Waals surface area contributed by atoms with Gasteiger partial charge in [-0.25, -0.2) is 0 Å². The number of aliphatic carboxylic acids is 1. The molecule has 2 aliphatic rings. The van der Waals surface area contributed by atoms with Gasteiger partial charge in [0.15, 0.2) is 0 Å². The zero-order chi connectivity index (χ0) is 24.1. The topological polar surface area (TPSA) is 134 Å². The number of amides is 3. The van der Waals surface area contributed by atoms with E-state index in [0.717, 1.165) is 52.1 Å². The van der Waals surface area contributed by atoms with E-state index in [-0.39, 0.29) is 50.1 Å². The van der Waals surface area contributed by atoms with Crippen LogP contribution in [-0.2, 0) is 19.2 Å². The SMILES string of the molecule is CN1CCN([13CH2]C2CCC[15N]2CC(=O)N[13CH2][13CH2][13C](=O)[15NH][13CH2][13CH2][13C](=O)[15NH][13CH2][13CH2][13CH2][13C](=O)O)CC1. The second-order valence-electron chi connectivity index (χ2n) is 8.92. The molecule has 188 valence electrons. The van der Waals surface area contributed by atoms with E-state index in [1.54, 1.807) is 0 Å². The Balaban J connectivity index is 1.52. The van der Waals surface area contributed by atoms with Crippen molar-refractivity contribution < 1.29 is 24.3 Å². The highest BCUT2D eigenvalue weighted by Gasteiger charge is 2.28. The van der Waals surface area contributed by atoms with E-state index in [4.69, 9.17) is 5.11 Å². The summed E-state index contributed by atoms with van der Waals surface area (Å²) in [6.07, 6.45) is 2.92. The molecule has 0 bridgehead atoms. The van der Waals surface area contributed by atoms with Crippen LogP contribution in [0.25, 0.3) is 0 Å². The van der Waals surface area contributed by atoms with Gasteiger partial charge in [0.05, 0.1) is 6.54 Å². The predicted octanol–water partition coefficient (Wildman–Crippen LogP) is -1.31. The fraction of sp³-hybridized carbons (Fsp3) is 0.818. The van der Waals surface area contributed by atoms with Crippen molar-refractivity contribution >= 4 is 23.7 Å². The molecule has 2 saturated heterocycles. The number of nitrogens with zero attached hydrogens (tertiary/aromatic N) is 3. The Labute approximate surface area is 196 Å². The average molecular weight is 482 g/mol. The van der Waals surface area contributed by atoms with Crippen molar-refractivity contribution in [2.45, 2.75) is 44.6 Å². The van der Waals surface area contributed by atoms with Crippen LogP contribution in [0.15, 0.2) is 0 Å². The van der Waals surface area contributed by atoms with Crippen LogP contribution < -0.4 is 16.0 Å². The first-order valence-corrected chi connectivity index (χ1v) is 12.0. The number of nitrogens with one attached hydrogen (secondary N) is 3. The van der Waals surface area contributed by atoms with Crippen LogP contribution >= 0.6 is 0 Å². The van der Waals surface area contributed by atoms with Crippen molar-refractivity contribution in [2.24, 2.45) is 0 Å². The predicted molar refractivity (Wildman–Crippen MR) is 124 cm³/mol. The van der Waals surface area contributed by atoms with Gasteiger partial charge < -0.3 is 26.0 Å². The van der Waals surface area contributed by atoms with Gasteiger partial charge in [-0.1, -0.05) is 0 Å². The minimum atomic E-state index is -0.894. The van der Waals surface area contributed by atoms with E-state index < -0.39 is 5.97 Å². The first-order chi connectivity index (χ1) is 15.8. The summed E-state index contributed by atoms with van der Waals surface area (Å²) in [5, 5.41) is 16.6. The van der Waals surface area contributed by atoms with Crippen LogP contribution in [0.5, 0.6) is 0 Å². The number of carbonyl (C=O) groups excluding carboxylic acids is 3. The highest BCUT2D eigenvalue weighted by Crippen LogP contribution is 2.18. The normalized spacial score (nSPS) is 19.8. The van der Waals surface area contributed by atoms with Crippen molar-refractivity contribution in [1.29, 1.82) is 0 Å². The van der Waals surface area contributed by atoms with Gasteiger partial charge in [0.2, 0.25) is 17.7 Å². The lowest BCUT2D eigenvalue weighted by atomic mass is 10.3. The lowest BCUT2D eigenvalue weighted by Crippen LogP contribution is -2.50. The number of carboxylic acid groups (broad SMARTS) is 1. The smallest absolute Gasteiger partial charge is 0.303 e. The summed E-state index contributed by atoms with van der Waals surface area (Å²) in [5.41, 5.74) is 0. The first-order valence-electron chi connectivity index (χ1n) is 12.0. The van der Waals surface area contributed by atoms with Crippen molar-refractivity contribution in [3.8, 4) is 0 Å². The molecule has 0 aromatic heterocycles. The van der Waals surface area contributed by atoms with Crippen LogP contribution in [-0.4, -0.2) is 122 Å². The number of carboxylic acids is 1. The molecule has 3 amide bonds. The van der Waals surface area contributed by atoms with Gasteiger partial charge >= 0.3 is 5.97 Å². The molecule has 2 rings (SSSR count). The van der Waals surface area contributed by atoms with Crippen molar-refractivity contribution in [3.05, 3.63) is 0 Å². The van der Waals surface area contributed by atoms with E-state index in [2.05, 4.69) is 37.7 Å². The molecule has 2 heterocycles. The van der Waals surface area contributed by atoms with Gasteiger partial charge in [0.25, 0.3) is 0 Å². The maximum Gasteiger partial charge on any atom is 0.303 e. The molecule has 33 heavy (non-hydrogen) atoms. The van der Waals surface area contributed by atoms with E-state index in [1.807, 2.05) is 0 Å². The molecular weight excluding hydrogens is 442 g/mol. The zero-order valence-electron chi connectivity index (χ0n) is 19.8. The summed E-state index contributed by atoms with van der Waals surface area (Å²) in [4.78, 5) is 53.4. The van der Waals surface area contributed by atoms with Crippen LogP contribution in [0.3, 0.4) is 0 Å². The summed E-state index contributed by atoms with van der Waals surface area (Å²) in [6, 6.07) is 0.415. The molecular formula is C22H40N6O5. The summed E-state index contributed by atoms with van der Waals surface area (Å²) >= 11 is 0. The van der Waals surface area contributed by atoms with Crippen molar-refractivity contribution in [1.82, 2.24) is 30.7 Å². The standard InChI is InChI=1S/C22H40N6O5/c1-26-12-14-27(15-13-26)16-18-4-3-11-28(18)17-21(31)25-10-7-20(30)24-9-6-19(29)23-8-2-5-22(32)33/h18H,2-17H2,1H3,(H,23,29)(H,24,30)(H,25,31)(H,32,33)/i2+1,5+1,6+1,7+1,8+1,9+1,10+1,16+1,19+1,20+1,22+1,23+1,24+1,28+1. The average Bonchev–Trinajstić information content (AvgIpc) is 3.19. The summed E-state index contributed by atoms with van der Waals surface area (Å²) < 4.78 is 0. The van der Waals surface area contributed by atoms with Crippen LogP contribution in [0.2, 0.25) is 0 Å². The van der Waals surface area contributed by atoms with E-state index in [9.17, 15) is 19.2 Å². The maximum absolute atomic E-state index is 12.3. The third-order valence-corrected chi connectivity index (χ3v) is 6.15. The van der Waals surface area contributed by atoms with Gasteiger partial charge in [-0.05, 0) is 32.9 Å². The number of rotatable bonds is 14. The quantitative estimate of drug-likeness (QED) is 0.136. The Morgan fingerprint density at radius 2 is 1.42 bits per heavy atom. The largest absolute Gasteiger partial charge is 0.481 e. The van der Waals surface area contributed by atoms with Crippen molar-refractivity contribution in [3.63, 3.8) is 0 Å². The Bertz CT molecular complexity index is 653. The van der Waals surface area contributed by atoms with Crippen LogP contribution in [0.1, 0.15) is 38.5 Å². The second-order valence-corrected chi connectivity index (χ2v) is 8.92. The molecule has 0 spiro atoms. The van der Waals surface area contributed by atoms with Gasteiger partial charge in [0, 0.05) is 77.7 Å². The first kappa shape index (κ1) is 27.0. The lowest BCUT2D eigenvalue weighted by Gasteiger charge is -2.36. The van der Waals surface area contributed by atoms with E-state index in [0.29, 0.717) is 25.6 Å². The van der Waals surface area contributed by atoms with Gasteiger partial charge in [-0.3, -0.25) is 29.0 Å². The fourth-order valence-electron chi connectivity index (χ4n) is 4.15. The molecule has 0 saturated carbocycles. The van der Waals surface area contributed by atoms with Gasteiger partial charge in [-0.15, -0.1) is 0 Å². The molecule has 11 heteroatoms. The van der Waals surface area contributed by atoms with E-state index in [1.165, 1.54) is 0 Å². The monoisotopic (exact) mass is 482 g/mol.